The number of urea groups is 1. The molecule has 35 heavy (non-hydrogen) atoms. The van der Waals surface area contributed by atoms with Gasteiger partial charge in [0.1, 0.15) is 29.5 Å². The molecule has 0 atom stereocenters. The summed E-state index contributed by atoms with van der Waals surface area (Å²) in [5.74, 6) is -1.52. The highest BCUT2D eigenvalue weighted by Crippen LogP contribution is 2.35. The second-order valence-corrected chi connectivity index (χ2v) is 8.22. The molecule has 1 fully saturated rings. The zero-order valence-electron chi connectivity index (χ0n) is 18.2. The quantitative estimate of drug-likeness (QED) is 0.352. The van der Waals surface area contributed by atoms with Crippen LogP contribution in [0.1, 0.15) is 11.1 Å². The van der Waals surface area contributed by atoms with Gasteiger partial charge < -0.3 is 9.47 Å². The number of barbiturate groups is 1. The van der Waals surface area contributed by atoms with Gasteiger partial charge in [-0.25, -0.2) is 14.1 Å². The molecule has 3 aromatic carbocycles. The van der Waals surface area contributed by atoms with Crippen LogP contribution in [0.25, 0.3) is 6.08 Å². The van der Waals surface area contributed by atoms with Crippen LogP contribution in [0.2, 0.25) is 10.0 Å². The predicted octanol–water partition coefficient (Wildman–Crippen LogP) is 5.39. The first-order valence-corrected chi connectivity index (χ1v) is 10.9. The van der Waals surface area contributed by atoms with Crippen molar-refractivity contribution in [1.29, 1.82) is 0 Å². The minimum absolute atomic E-state index is 0.0358. The highest BCUT2D eigenvalue weighted by molar-refractivity contribution is 6.40. The van der Waals surface area contributed by atoms with Crippen LogP contribution in [0, 0.1) is 5.82 Å². The van der Waals surface area contributed by atoms with Crippen molar-refractivity contribution in [1.82, 2.24) is 5.32 Å². The summed E-state index contributed by atoms with van der Waals surface area (Å²) < 4.78 is 24.4. The van der Waals surface area contributed by atoms with Gasteiger partial charge in [0.05, 0.1) is 17.8 Å². The molecule has 4 amide bonds. The Labute approximate surface area is 209 Å². The summed E-state index contributed by atoms with van der Waals surface area (Å²) in [7, 11) is 1.48. The molecule has 0 radical (unpaired) electrons. The van der Waals surface area contributed by atoms with Crippen LogP contribution in [0.15, 0.2) is 66.2 Å². The molecule has 0 saturated carbocycles. The lowest BCUT2D eigenvalue weighted by molar-refractivity contribution is -0.122. The highest BCUT2D eigenvalue weighted by Gasteiger charge is 2.37. The fourth-order valence-corrected chi connectivity index (χ4v) is 3.96. The number of amides is 4. The molecule has 1 heterocycles. The SMILES string of the molecule is COc1ccc(N2C(=O)NC(=O)/C(=C\c3cc(Cl)cc(Cl)c3OCc3cccc(F)c3)C2=O)cc1. The van der Waals surface area contributed by atoms with E-state index in [-0.39, 0.29) is 39.2 Å². The maximum atomic E-state index is 13.5. The Morgan fingerprint density at radius 2 is 1.77 bits per heavy atom. The van der Waals surface area contributed by atoms with Crippen molar-refractivity contribution in [2.45, 2.75) is 6.61 Å². The van der Waals surface area contributed by atoms with E-state index in [9.17, 15) is 18.8 Å². The van der Waals surface area contributed by atoms with Gasteiger partial charge in [0.2, 0.25) is 0 Å². The molecule has 1 N–H and O–H groups in total. The summed E-state index contributed by atoms with van der Waals surface area (Å²) in [6.07, 6.45) is 1.24. The number of benzene rings is 3. The summed E-state index contributed by atoms with van der Waals surface area (Å²) >= 11 is 12.5. The number of carbonyl (C=O) groups is 3. The number of hydrogen-bond donors (Lipinski definition) is 1. The summed E-state index contributed by atoms with van der Waals surface area (Å²) in [6, 6.07) is 14.0. The van der Waals surface area contributed by atoms with Gasteiger partial charge >= 0.3 is 6.03 Å². The molecule has 0 spiro atoms. The molecule has 7 nitrogen and oxygen atoms in total. The van der Waals surface area contributed by atoms with Crippen LogP contribution in [0.5, 0.6) is 11.5 Å². The zero-order valence-corrected chi connectivity index (χ0v) is 19.7. The number of nitrogens with zero attached hydrogens (tertiary/aromatic N) is 1. The third-order valence-corrected chi connectivity index (χ3v) is 5.54. The molecule has 3 aromatic rings. The number of carbonyl (C=O) groups excluding carboxylic acids is 3. The zero-order chi connectivity index (χ0) is 25.1. The Kier molecular flexibility index (Phi) is 7.04. The third-order valence-electron chi connectivity index (χ3n) is 5.04. The van der Waals surface area contributed by atoms with E-state index >= 15 is 0 Å². The standard InChI is InChI=1S/C25H17Cl2FN2O5/c1-34-19-7-5-18(6-8-19)30-24(32)20(23(31)29-25(30)33)11-15-10-16(26)12-21(27)22(15)35-13-14-3-2-4-17(28)9-14/h2-12H,13H2,1H3,(H,29,31,33)/b20-11+. The molecule has 0 aliphatic carbocycles. The first kappa shape index (κ1) is 24.3. The average molecular weight is 515 g/mol. The van der Waals surface area contributed by atoms with Crippen molar-refractivity contribution in [3.8, 4) is 11.5 Å². The fraction of sp³-hybridized carbons (Fsp3) is 0.0800. The van der Waals surface area contributed by atoms with Gasteiger partial charge in [-0.3, -0.25) is 14.9 Å². The van der Waals surface area contributed by atoms with Crippen molar-refractivity contribution >= 4 is 52.8 Å². The molecule has 0 bridgehead atoms. The second-order valence-electron chi connectivity index (χ2n) is 7.38. The fourth-order valence-electron chi connectivity index (χ4n) is 3.40. The van der Waals surface area contributed by atoms with Crippen LogP contribution in [-0.2, 0) is 16.2 Å². The van der Waals surface area contributed by atoms with Gasteiger partial charge in [-0.1, -0.05) is 35.3 Å². The normalized spacial score (nSPS) is 14.8. The van der Waals surface area contributed by atoms with E-state index in [2.05, 4.69) is 5.32 Å². The lowest BCUT2D eigenvalue weighted by Gasteiger charge is -2.26. The minimum Gasteiger partial charge on any atom is -0.497 e. The lowest BCUT2D eigenvalue weighted by atomic mass is 10.1. The second kappa shape index (κ2) is 10.2. The van der Waals surface area contributed by atoms with Crippen LogP contribution < -0.4 is 19.7 Å². The summed E-state index contributed by atoms with van der Waals surface area (Å²) in [4.78, 5) is 39.1. The molecule has 1 aliphatic heterocycles. The van der Waals surface area contributed by atoms with Crippen molar-refractivity contribution in [3.05, 3.63) is 93.2 Å². The van der Waals surface area contributed by atoms with E-state index in [1.807, 2.05) is 0 Å². The smallest absolute Gasteiger partial charge is 0.335 e. The van der Waals surface area contributed by atoms with Gasteiger partial charge in [0.15, 0.2) is 0 Å². The number of imide groups is 2. The molecular formula is C25H17Cl2FN2O5. The maximum Gasteiger partial charge on any atom is 0.335 e. The molecule has 10 heteroatoms. The highest BCUT2D eigenvalue weighted by atomic mass is 35.5. The van der Waals surface area contributed by atoms with E-state index in [1.165, 1.54) is 55.7 Å². The maximum absolute atomic E-state index is 13.5. The van der Waals surface area contributed by atoms with Gasteiger partial charge in [0.25, 0.3) is 11.8 Å². The Balaban J connectivity index is 1.70. The van der Waals surface area contributed by atoms with Crippen LogP contribution in [-0.4, -0.2) is 25.0 Å². The Morgan fingerprint density at radius 3 is 2.46 bits per heavy atom. The number of nitrogens with one attached hydrogen (secondary N) is 1. The topological polar surface area (TPSA) is 84.9 Å². The number of anilines is 1. The van der Waals surface area contributed by atoms with Crippen molar-refractivity contribution in [2.75, 3.05) is 12.0 Å². The molecule has 0 unspecified atom stereocenters. The number of methoxy groups -OCH3 is 1. The Morgan fingerprint density at radius 1 is 1.03 bits per heavy atom. The largest absolute Gasteiger partial charge is 0.497 e. The van der Waals surface area contributed by atoms with Crippen LogP contribution >= 0.6 is 23.2 Å². The van der Waals surface area contributed by atoms with E-state index in [4.69, 9.17) is 32.7 Å². The van der Waals surface area contributed by atoms with Gasteiger partial charge in [-0.15, -0.1) is 0 Å². The van der Waals surface area contributed by atoms with E-state index in [1.54, 1.807) is 18.2 Å². The number of rotatable bonds is 6. The molecule has 4 rings (SSSR count). The van der Waals surface area contributed by atoms with Crippen molar-refractivity contribution in [3.63, 3.8) is 0 Å². The van der Waals surface area contributed by atoms with Crippen molar-refractivity contribution < 1.29 is 28.2 Å². The first-order chi connectivity index (χ1) is 16.8. The molecule has 0 aromatic heterocycles. The van der Waals surface area contributed by atoms with Gasteiger partial charge in [0, 0.05) is 10.6 Å². The van der Waals surface area contributed by atoms with E-state index in [0.29, 0.717) is 11.3 Å². The Hall–Kier alpha value is -3.88. The molecule has 178 valence electrons. The first-order valence-electron chi connectivity index (χ1n) is 10.2. The monoisotopic (exact) mass is 514 g/mol. The number of ether oxygens (including phenoxy) is 2. The third kappa shape index (κ3) is 5.29. The van der Waals surface area contributed by atoms with Crippen LogP contribution in [0.3, 0.4) is 0 Å². The summed E-state index contributed by atoms with van der Waals surface area (Å²) in [5.41, 5.74) is 0.659. The van der Waals surface area contributed by atoms with Crippen LogP contribution in [0.4, 0.5) is 14.9 Å². The molecule has 1 aliphatic rings. The minimum atomic E-state index is -0.894. The molecular weight excluding hydrogens is 498 g/mol. The summed E-state index contributed by atoms with van der Waals surface area (Å²) in [5, 5.41) is 2.50. The van der Waals surface area contributed by atoms with Crippen molar-refractivity contribution in [2.24, 2.45) is 0 Å². The van der Waals surface area contributed by atoms with E-state index in [0.717, 1.165) is 4.90 Å². The summed E-state index contributed by atoms with van der Waals surface area (Å²) in [6.45, 7) is -0.0358. The predicted molar refractivity (Wildman–Crippen MR) is 129 cm³/mol. The van der Waals surface area contributed by atoms with E-state index < -0.39 is 23.7 Å². The van der Waals surface area contributed by atoms with Gasteiger partial charge in [-0.2, -0.15) is 0 Å². The van der Waals surface area contributed by atoms with Gasteiger partial charge in [-0.05, 0) is 60.2 Å². The number of hydrogen-bond acceptors (Lipinski definition) is 5. The average Bonchev–Trinajstić information content (AvgIpc) is 2.81. The number of halogens is 3. The molecule has 1 saturated heterocycles. The Bertz CT molecular complexity index is 1360. The lowest BCUT2D eigenvalue weighted by Crippen LogP contribution is -2.54.